The van der Waals surface area contributed by atoms with E-state index in [2.05, 4.69) is 19.4 Å². The molecule has 1 aromatic heterocycles. The minimum Gasteiger partial charge on any atom is -0.468 e. The predicted octanol–water partition coefficient (Wildman–Crippen LogP) is 0.961. The number of hydrogen-bond acceptors (Lipinski definition) is 7. The first kappa shape index (κ1) is 15.9. The topological polar surface area (TPSA) is 81.6 Å². The van der Waals surface area contributed by atoms with Gasteiger partial charge in [-0.25, -0.2) is 14.8 Å². The standard InChI is InChI=1S/C13H19N3O4/c1-5-6-16(8-11(17)19-3)10-7-9(2)14-12(15-10)13(18)20-4/h7H,5-6,8H2,1-4H3. The molecule has 0 bridgehead atoms. The maximum atomic E-state index is 11.5. The monoisotopic (exact) mass is 281 g/mol. The SMILES string of the molecule is CCCN(CC(=O)OC)c1cc(C)nc(C(=O)OC)n1. The lowest BCUT2D eigenvalue weighted by atomic mass is 10.3. The number of carbonyl (C=O) groups excluding carboxylic acids is 2. The molecule has 0 atom stereocenters. The van der Waals surface area contributed by atoms with Gasteiger partial charge in [0.05, 0.1) is 14.2 Å². The van der Waals surface area contributed by atoms with Gasteiger partial charge in [-0.3, -0.25) is 4.79 Å². The molecule has 110 valence electrons. The van der Waals surface area contributed by atoms with Crippen LogP contribution in [0.1, 0.15) is 29.7 Å². The maximum Gasteiger partial charge on any atom is 0.376 e. The summed E-state index contributed by atoms with van der Waals surface area (Å²) in [5.41, 5.74) is 0.626. The van der Waals surface area contributed by atoms with Crippen molar-refractivity contribution in [3.63, 3.8) is 0 Å². The quantitative estimate of drug-likeness (QED) is 0.718. The molecule has 1 aromatic rings. The van der Waals surface area contributed by atoms with Crippen LogP contribution >= 0.6 is 0 Å². The third-order valence-corrected chi connectivity index (χ3v) is 2.57. The molecule has 0 aromatic carbocycles. The molecular formula is C13H19N3O4. The van der Waals surface area contributed by atoms with Crippen molar-refractivity contribution in [3.8, 4) is 0 Å². The number of nitrogens with zero attached hydrogens (tertiary/aromatic N) is 3. The first-order valence-corrected chi connectivity index (χ1v) is 6.27. The van der Waals surface area contributed by atoms with E-state index in [1.807, 2.05) is 6.92 Å². The zero-order chi connectivity index (χ0) is 15.1. The molecule has 0 radical (unpaired) electrons. The highest BCUT2D eigenvalue weighted by atomic mass is 16.5. The van der Waals surface area contributed by atoms with E-state index in [9.17, 15) is 9.59 Å². The van der Waals surface area contributed by atoms with Crippen LogP contribution in [0.5, 0.6) is 0 Å². The molecule has 0 saturated heterocycles. The number of ether oxygens (including phenoxy) is 2. The number of methoxy groups -OCH3 is 2. The van der Waals surface area contributed by atoms with Gasteiger partial charge in [0.2, 0.25) is 5.82 Å². The van der Waals surface area contributed by atoms with Crippen molar-refractivity contribution < 1.29 is 19.1 Å². The van der Waals surface area contributed by atoms with E-state index in [1.54, 1.807) is 17.9 Å². The molecular weight excluding hydrogens is 262 g/mol. The van der Waals surface area contributed by atoms with E-state index >= 15 is 0 Å². The van der Waals surface area contributed by atoms with Crippen LogP contribution in [0.15, 0.2) is 6.07 Å². The number of hydrogen-bond donors (Lipinski definition) is 0. The fourth-order valence-electron chi connectivity index (χ4n) is 1.66. The van der Waals surface area contributed by atoms with Gasteiger partial charge in [0.25, 0.3) is 0 Å². The average molecular weight is 281 g/mol. The second kappa shape index (κ2) is 7.42. The molecule has 1 rings (SSSR count). The van der Waals surface area contributed by atoms with E-state index in [1.165, 1.54) is 14.2 Å². The summed E-state index contributed by atoms with van der Waals surface area (Å²) in [4.78, 5) is 32.9. The Hall–Kier alpha value is -2.18. The Bertz CT molecular complexity index is 491. The van der Waals surface area contributed by atoms with E-state index in [-0.39, 0.29) is 18.3 Å². The molecule has 0 spiro atoms. The van der Waals surface area contributed by atoms with Crippen molar-refractivity contribution in [1.82, 2.24) is 9.97 Å². The normalized spacial score (nSPS) is 10.0. The van der Waals surface area contributed by atoms with Gasteiger partial charge in [0.1, 0.15) is 12.4 Å². The van der Waals surface area contributed by atoms with Gasteiger partial charge >= 0.3 is 11.9 Å². The smallest absolute Gasteiger partial charge is 0.376 e. The molecule has 0 aliphatic heterocycles. The predicted molar refractivity (Wildman–Crippen MR) is 72.6 cm³/mol. The third kappa shape index (κ3) is 4.18. The lowest BCUT2D eigenvalue weighted by molar-refractivity contribution is -0.138. The van der Waals surface area contributed by atoms with E-state index in [0.29, 0.717) is 18.1 Å². The molecule has 0 fully saturated rings. The van der Waals surface area contributed by atoms with Crippen LogP contribution in [0.3, 0.4) is 0 Å². The number of carbonyl (C=O) groups is 2. The zero-order valence-corrected chi connectivity index (χ0v) is 12.2. The Labute approximate surface area is 117 Å². The molecule has 0 saturated carbocycles. The van der Waals surface area contributed by atoms with Gasteiger partial charge in [-0.15, -0.1) is 0 Å². The molecule has 0 N–H and O–H groups in total. The molecule has 0 unspecified atom stereocenters. The van der Waals surface area contributed by atoms with Crippen molar-refractivity contribution in [2.24, 2.45) is 0 Å². The molecule has 0 aliphatic rings. The van der Waals surface area contributed by atoms with Crippen molar-refractivity contribution in [3.05, 3.63) is 17.6 Å². The summed E-state index contributed by atoms with van der Waals surface area (Å²) in [6.07, 6.45) is 0.827. The number of aryl methyl sites for hydroxylation is 1. The summed E-state index contributed by atoms with van der Waals surface area (Å²) in [5, 5.41) is 0. The average Bonchev–Trinajstić information content (AvgIpc) is 2.45. The number of rotatable bonds is 6. The molecule has 1 heterocycles. The lowest BCUT2D eigenvalue weighted by Gasteiger charge is -2.22. The fraction of sp³-hybridized carbons (Fsp3) is 0.538. The Balaban J connectivity index is 3.09. The number of anilines is 1. The van der Waals surface area contributed by atoms with Gasteiger partial charge in [0.15, 0.2) is 0 Å². The van der Waals surface area contributed by atoms with Gasteiger partial charge in [-0.2, -0.15) is 0 Å². The van der Waals surface area contributed by atoms with Crippen molar-refractivity contribution in [2.75, 3.05) is 32.2 Å². The maximum absolute atomic E-state index is 11.5. The fourth-order valence-corrected chi connectivity index (χ4v) is 1.66. The minimum atomic E-state index is -0.607. The van der Waals surface area contributed by atoms with Gasteiger partial charge < -0.3 is 14.4 Å². The van der Waals surface area contributed by atoms with Gasteiger partial charge in [0, 0.05) is 18.3 Å². The molecule has 7 heteroatoms. The first-order valence-electron chi connectivity index (χ1n) is 6.27. The van der Waals surface area contributed by atoms with Gasteiger partial charge in [-0.05, 0) is 13.3 Å². The van der Waals surface area contributed by atoms with Crippen LogP contribution < -0.4 is 4.90 Å². The van der Waals surface area contributed by atoms with E-state index < -0.39 is 5.97 Å². The van der Waals surface area contributed by atoms with Crippen LogP contribution in [0.25, 0.3) is 0 Å². The summed E-state index contributed by atoms with van der Waals surface area (Å²) in [6, 6.07) is 1.71. The third-order valence-electron chi connectivity index (χ3n) is 2.57. The summed E-state index contributed by atoms with van der Waals surface area (Å²) in [5.74, 6) is -0.489. The first-order chi connectivity index (χ1) is 9.51. The second-order valence-corrected chi connectivity index (χ2v) is 4.18. The number of aromatic nitrogens is 2. The van der Waals surface area contributed by atoms with E-state index in [0.717, 1.165) is 6.42 Å². The molecule has 0 aliphatic carbocycles. The van der Waals surface area contributed by atoms with Crippen molar-refractivity contribution >= 4 is 17.8 Å². The Morgan fingerprint density at radius 3 is 2.50 bits per heavy atom. The van der Waals surface area contributed by atoms with Crippen molar-refractivity contribution in [2.45, 2.75) is 20.3 Å². The van der Waals surface area contributed by atoms with Crippen molar-refractivity contribution in [1.29, 1.82) is 0 Å². The van der Waals surface area contributed by atoms with E-state index in [4.69, 9.17) is 0 Å². The Kier molecular flexibility index (Phi) is 5.89. The highest BCUT2D eigenvalue weighted by Crippen LogP contribution is 2.13. The second-order valence-electron chi connectivity index (χ2n) is 4.18. The molecule has 0 amide bonds. The van der Waals surface area contributed by atoms with Crippen LogP contribution in [-0.2, 0) is 14.3 Å². The van der Waals surface area contributed by atoms with Crippen LogP contribution in [0, 0.1) is 6.92 Å². The summed E-state index contributed by atoms with van der Waals surface area (Å²) >= 11 is 0. The Morgan fingerprint density at radius 2 is 1.95 bits per heavy atom. The Morgan fingerprint density at radius 1 is 1.25 bits per heavy atom. The lowest BCUT2D eigenvalue weighted by Crippen LogP contribution is -2.32. The molecule has 7 nitrogen and oxygen atoms in total. The van der Waals surface area contributed by atoms with Gasteiger partial charge in [-0.1, -0.05) is 6.92 Å². The van der Waals surface area contributed by atoms with Crippen LogP contribution in [0.2, 0.25) is 0 Å². The highest BCUT2D eigenvalue weighted by molar-refractivity contribution is 5.85. The largest absolute Gasteiger partial charge is 0.468 e. The highest BCUT2D eigenvalue weighted by Gasteiger charge is 2.17. The number of esters is 2. The van der Waals surface area contributed by atoms with Crippen LogP contribution in [0.4, 0.5) is 5.82 Å². The minimum absolute atomic E-state index is 0.0199. The summed E-state index contributed by atoms with van der Waals surface area (Å²) in [6.45, 7) is 4.42. The summed E-state index contributed by atoms with van der Waals surface area (Å²) < 4.78 is 9.28. The summed E-state index contributed by atoms with van der Waals surface area (Å²) in [7, 11) is 2.60. The van der Waals surface area contributed by atoms with Crippen LogP contribution in [-0.4, -0.2) is 49.2 Å². The zero-order valence-electron chi connectivity index (χ0n) is 12.2. The molecule has 20 heavy (non-hydrogen) atoms.